The Kier molecular flexibility index (Phi) is 9.87. The first-order valence-electron chi connectivity index (χ1n) is 2.43. The third-order valence-electron chi connectivity index (χ3n) is 0.609. The molecule has 0 aromatic rings. The van der Waals surface area contributed by atoms with Gasteiger partial charge in [0, 0.05) is 6.42 Å². The van der Waals surface area contributed by atoms with Crippen LogP contribution in [0.15, 0.2) is 0 Å². The predicted octanol–water partition coefficient (Wildman–Crippen LogP) is 3.22. The molecule has 0 fully saturated rings. The van der Waals surface area contributed by atoms with E-state index in [0.717, 1.165) is 0 Å². The fourth-order valence-corrected chi connectivity index (χ4v) is 0.237. The molecule has 0 saturated carbocycles. The van der Waals surface area contributed by atoms with Gasteiger partial charge in [0.05, 0.1) is 6.07 Å². The zero-order valence-corrected chi connectivity index (χ0v) is 5.15. The molecule has 0 N–H and O–H groups in total. The molecule has 1 heteroatoms. The lowest BCUT2D eigenvalue weighted by Crippen LogP contribution is -2.01. The molecule has 0 radical (unpaired) electrons. The summed E-state index contributed by atoms with van der Waals surface area (Å²) in [6.07, 6.45) is 0.646. The van der Waals surface area contributed by atoms with E-state index < -0.39 is 0 Å². The third-order valence-corrected chi connectivity index (χ3v) is 0.609. The lowest BCUT2D eigenvalue weighted by atomic mass is 9.93. The lowest BCUT2D eigenvalue weighted by molar-refractivity contribution is 0.426. The summed E-state index contributed by atoms with van der Waals surface area (Å²) in [6.45, 7) is 6.16. The Morgan fingerprint density at radius 2 is 1.56 bits per heavy atom. The Labute approximate surface area is 59.7 Å². The second-order valence-corrected chi connectivity index (χ2v) is 2.90. The fourth-order valence-electron chi connectivity index (χ4n) is 0.237. The van der Waals surface area contributed by atoms with Crippen LogP contribution in [0.3, 0.4) is 0 Å². The quantitative estimate of drug-likeness (QED) is 0.492. The molecule has 0 aliphatic carbocycles. The molecule has 0 rings (SSSR count). The first kappa shape index (κ1) is 15.8. The van der Waals surface area contributed by atoms with E-state index in [2.05, 4.69) is 26.8 Å². The van der Waals surface area contributed by atoms with E-state index in [-0.39, 0.29) is 20.3 Å². The molecule has 0 aromatic heterocycles. The summed E-state index contributed by atoms with van der Waals surface area (Å²) in [5.41, 5.74) is 0.189. The Bertz CT molecular complexity index is 81.7. The van der Waals surface area contributed by atoms with E-state index in [9.17, 15) is 0 Å². The van der Waals surface area contributed by atoms with Gasteiger partial charge in [-0.25, -0.2) is 0 Å². The Morgan fingerprint density at radius 3 is 1.56 bits per heavy atom. The molecule has 0 aliphatic rings. The zero-order valence-electron chi connectivity index (χ0n) is 5.15. The van der Waals surface area contributed by atoms with Gasteiger partial charge in [-0.3, -0.25) is 0 Å². The summed E-state index contributed by atoms with van der Waals surface area (Å²) in [5, 5.41) is 8.15. The van der Waals surface area contributed by atoms with Crippen LogP contribution in [0.25, 0.3) is 0 Å². The predicted molar refractivity (Wildman–Crippen MR) is 43.1 cm³/mol. The van der Waals surface area contributed by atoms with E-state index in [1.165, 1.54) is 0 Å². The van der Waals surface area contributed by atoms with Crippen molar-refractivity contribution < 1.29 is 0 Å². The SMILES string of the molecule is C.C.CC(C)(C)CC#N. The number of rotatable bonds is 0. The lowest BCUT2D eigenvalue weighted by Gasteiger charge is -2.10. The van der Waals surface area contributed by atoms with Gasteiger partial charge < -0.3 is 0 Å². The minimum atomic E-state index is 0. The molecular weight excluding hydrogens is 110 g/mol. The highest BCUT2D eigenvalue weighted by atomic mass is 14.3. The molecule has 0 atom stereocenters. The molecular formula is C8H19N. The van der Waals surface area contributed by atoms with E-state index in [4.69, 9.17) is 5.26 Å². The highest BCUT2D eigenvalue weighted by Gasteiger charge is 2.07. The van der Waals surface area contributed by atoms with Crippen LogP contribution >= 0.6 is 0 Å². The maximum atomic E-state index is 8.15. The third kappa shape index (κ3) is 18.5. The van der Waals surface area contributed by atoms with Crippen molar-refractivity contribution in [2.75, 3.05) is 0 Å². The minimum absolute atomic E-state index is 0. The minimum Gasteiger partial charge on any atom is -0.198 e. The molecule has 0 amide bonds. The summed E-state index contributed by atoms with van der Waals surface area (Å²) in [7, 11) is 0. The molecule has 56 valence electrons. The van der Waals surface area contributed by atoms with Crippen molar-refractivity contribution in [3.63, 3.8) is 0 Å². The molecule has 0 heterocycles. The molecule has 0 aliphatic heterocycles. The molecule has 0 aromatic carbocycles. The molecule has 9 heavy (non-hydrogen) atoms. The van der Waals surface area contributed by atoms with Gasteiger partial charge in [0.25, 0.3) is 0 Å². The Morgan fingerprint density at radius 1 is 1.22 bits per heavy atom. The van der Waals surface area contributed by atoms with Gasteiger partial charge in [0.1, 0.15) is 0 Å². The summed E-state index contributed by atoms with van der Waals surface area (Å²) in [6, 6.07) is 2.11. The van der Waals surface area contributed by atoms with Gasteiger partial charge in [0.15, 0.2) is 0 Å². The number of nitriles is 1. The second kappa shape index (κ2) is 5.62. The van der Waals surface area contributed by atoms with Gasteiger partial charge in [-0.05, 0) is 5.41 Å². The average Bonchev–Trinajstić information content (AvgIpc) is 1.30. The van der Waals surface area contributed by atoms with E-state index >= 15 is 0 Å². The Hall–Kier alpha value is -0.510. The molecule has 1 nitrogen and oxygen atoms in total. The van der Waals surface area contributed by atoms with Gasteiger partial charge in [-0.2, -0.15) is 5.26 Å². The largest absolute Gasteiger partial charge is 0.198 e. The normalized spacial score (nSPS) is 8.22. The number of nitrogens with zero attached hydrogens (tertiary/aromatic N) is 1. The first-order valence-corrected chi connectivity index (χ1v) is 2.43. The highest BCUT2D eigenvalue weighted by Crippen LogP contribution is 2.16. The zero-order chi connectivity index (χ0) is 5.91. The maximum absolute atomic E-state index is 8.15. The van der Waals surface area contributed by atoms with Crippen LogP contribution in [0, 0.1) is 16.7 Å². The average molecular weight is 129 g/mol. The number of hydrogen-bond acceptors (Lipinski definition) is 1. The van der Waals surface area contributed by atoms with Crippen LogP contribution in [0.4, 0.5) is 0 Å². The molecule has 0 saturated heterocycles. The van der Waals surface area contributed by atoms with E-state index in [0.29, 0.717) is 6.42 Å². The van der Waals surface area contributed by atoms with E-state index in [1.807, 2.05) is 0 Å². The van der Waals surface area contributed by atoms with Crippen LogP contribution in [-0.4, -0.2) is 0 Å². The highest BCUT2D eigenvalue weighted by molar-refractivity contribution is 4.78. The standard InChI is InChI=1S/C6H11N.2CH4/c1-6(2,3)4-5-7;;/h4H2,1-3H3;2*1H4. The van der Waals surface area contributed by atoms with Crippen molar-refractivity contribution in [2.45, 2.75) is 42.0 Å². The molecule has 0 bridgehead atoms. The summed E-state index contributed by atoms with van der Waals surface area (Å²) in [4.78, 5) is 0. The van der Waals surface area contributed by atoms with Crippen LogP contribution < -0.4 is 0 Å². The van der Waals surface area contributed by atoms with Gasteiger partial charge in [-0.1, -0.05) is 35.6 Å². The van der Waals surface area contributed by atoms with Crippen molar-refractivity contribution in [2.24, 2.45) is 5.41 Å². The molecule has 0 spiro atoms. The van der Waals surface area contributed by atoms with Crippen molar-refractivity contribution in [3.05, 3.63) is 0 Å². The summed E-state index contributed by atoms with van der Waals surface area (Å²) >= 11 is 0. The fraction of sp³-hybridized carbons (Fsp3) is 0.875. The monoisotopic (exact) mass is 129 g/mol. The first-order chi connectivity index (χ1) is 3.06. The number of hydrogen-bond donors (Lipinski definition) is 0. The van der Waals surface area contributed by atoms with Crippen molar-refractivity contribution in [1.29, 1.82) is 5.26 Å². The summed E-state index contributed by atoms with van der Waals surface area (Å²) < 4.78 is 0. The van der Waals surface area contributed by atoms with E-state index in [1.54, 1.807) is 0 Å². The van der Waals surface area contributed by atoms with Gasteiger partial charge >= 0.3 is 0 Å². The van der Waals surface area contributed by atoms with Crippen LogP contribution in [-0.2, 0) is 0 Å². The Balaban J connectivity index is -0.000000180. The van der Waals surface area contributed by atoms with Gasteiger partial charge in [0.2, 0.25) is 0 Å². The topological polar surface area (TPSA) is 23.8 Å². The van der Waals surface area contributed by atoms with Crippen LogP contribution in [0.1, 0.15) is 42.0 Å². The van der Waals surface area contributed by atoms with Gasteiger partial charge in [-0.15, -0.1) is 0 Å². The van der Waals surface area contributed by atoms with Crippen LogP contribution in [0.2, 0.25) is 0 Å². The van der Waals surface area contributed by atoms with Crippen LogP contribution in [0.5, 0.6) is 0 Å². The van der Waals surface area contributed by atoms with Crippen molar-refractivity contribution in [1.82, 2.24) is 0 Å². The maximum Gasteiger partial charge on any atom is 0.0627 e. The second-order valence-electron chi connectivity index (χ2n) is 2.90. The van der Waals surface area contributed by atoms with Crippen molar-refractivity contribution >= 4 is 0 Å². The summed E-state index contributed by atoms with van der Waals surface area (Å²) in [5.74, 6) is 0. The van der Waals surface area contributed by atoms with Crippen molar-refractivity contribution in [3.8, 4) is 6.07 Å². The smallest absolute Gasteiger partial charge is 0.0627 e. The molecule has 0 unspecified atom stereocenters.